The Labute approximate surface area is 54.5 Å². The molecule has 0 saturated carbocycles. The molecule has 0 radical (unpaired) electrons. The summed E-state index contributed by atoms with van der Waals surface area (Å²) in [5, 5.41) is -0.829. The zero-order valence-corrected chi connectivity index (χ0v) is 5.44. The molecule has 1 saturated heterocycles. The van der Waals surface area contributed by atoms with E-state index in [0.29, 0.717) is 0 Å². The van der Waals surface area contributed by atoms with E-state index in [2.05, 4.69) is 4.74 Å². The molecule has 54 valence electrons. The van der Waals surface area contributed by atoms with Gasteiger partial charge in [0.1, 0.15) is 11.4 Å². The minimum absolute atomic E-state index is 0.0447. The highest BCUT2D eigenvalue weighted by molar-refractivity contribution is 7.80. The highest BCUT2D eigenvalue weighted by Crippen LogP contribution is 2.13. The van der Waals surface area contributed by atoms with Gasteiger partial charge in [0.15, 0.2) is 11.1 Å². The second kappa shape index (κ2) is 2.72. The van der Waals surface area contributed by atoms with Gasteiger partial charge in [-0.15, -0.1) is 0 Å². The third-order valence-electron chi connectivity index (χ3n) is 1.22. The lowest BCUT2D eigenvalue weighted by molar-refractivity contribution is 0.173. The van der Waals surface area contributed by atoms with Crippen LogP contribution in [0.2, 0.25) is 0 Å². The number of hydrogen-bond donors (Lipinski definition) is 1. The number of ether oxygens (including phenoxy) is 1. The monoisotopic (exact) mass is 154 g/mol. The van der Waals surface area contributed by atoms with Crippen molar-refractivity contribution in [3.63, 3.8) is 0 Å². The fourth-order valence-corrected chi connectivity index (χ4v) is 1.24. The standard InChI is InChI=1S/C4H7FO3S/c5-3-1-8-2-4(3)9(6)7/h3-4H,1-2H2,(H,6,7). The Kier molecular flexibility index (Phi) is 2.15. The van der Waals surface area contributed by atoms with Crippen molar-refractivity contribution in [1.29, 1.82) is 0 Å². The smallest absolute Gasteiger partial charge is 0.161 e. The van der Waals surface area contributed by atoms with Gasteiger partial charge in [-0.3, -0.25) is 0 Å². The minimum atomic E-state index is -2.07. The minimum Gasteiger partial charge on any atom is -0.377 e. The van der Waals surface area contributed by atoms with Crippen LogP contribution < -0.4 is 0 Å². The Bertz CT molecular complexity index is 129. The van der Waals surface area contributed by atoms with Gasteiger partial charge in [-0.1, -0.05) is 0 Å². The first-order chi connectivity index (χ1) is 4.22. The molecule has 1 heterocycles. The molecule has 0 aliphatic carbocycles. The summed E-state index contributed by atoms with van der Waals surface area (Å²) in [5.74, 6) is 0. The summed E-state index contributed by atoms with van der Waals surface area (Å²) < 4.78 is 35.5. The lowest BCUT2D eigenvalue weighted by Crippen LogP contribution is -2.24. The SMILES string of the molecule is O=S(O)C1COCC1F. The highest BCUT2D eigenvalue weighted by Gasteiger charge is 2.32. The van der Waals surface area contributed by atoms with Crippen LogP contribution >= 0.6 is 0 Å². The normalized spacial score (nSPS) is 38.9. The number of halogens is 1. The van der Waals surface area contributed by atoms with Gasteiger partial charge in [0, 0.05) is 0 Å². The molecule has 1 aliphatic rings. The third kappa shape index (κ3) is 1.47. The second-order valence-electron chi connectivity index (χ2n) is 1.87. The molecule has 3 atom stereocenters. The van der Waals surface area contributed by atoms with E-state index in [1.54, 1.807) is 0 Å². The Morgan fingerprint density at radius 3 is 2.56 bits per heavy atom. The molecule has 1 aliphatic heterocycles. The maximum absolute atomic E-state index is 12.4. The number of rotatable bonds is 1. The molecule has 1 N–H and O–H groups in total. The van der Waals surface area contributed by atoms with Gasteiger partial charge >= 0.3 is 0 Å². The summed E-state index contributed by atoms with van der Waals surface area (Å²) in [4.78, 5) is 0. The topological polar surface area (TPSA) is 46.5 Å². The van der Waals surface area contributed by atoms with Gasteiger partial charge in [-0.25, -0.2) is 8.60 Å². The van der Waals surface area contributed by atoms with Gasteiger partial charge in [-0.2, -0.15) is 0 Å². The first-order valence-corrected chi connectivity index (χ1v) is 3.70. The van der Waals surface area contributed by atoms with Crippen LogP contribution in [0, 0.1) is 0 Å². The molecule has 0 amide bonds. The molecule has 1 rings (SSSR count). The Morgan fingerprint density at radius 1 is 1.67 bits per heavy atom. The summed E-state index contributed by atoms with van der Waals surface area (Å²) in [7, 11) is 0. The van der Waals surface area contributed by atoms with Gasteiger partial charge in [0.25, 0.3) is 0 Å². The van der Waals surface area contributed by atoms with E-state index in [-0.39, 0.29) is 13.2 Å². The van der Waals surface area contributed by atoms with Crippen molar-refractivity contribution in [2.45, 2.75) is 11.4 Å². The van der Waals surface area contributed by atoms with Gasteiger partial charge in [0.05, 0.1) is 13.2 Å². The van der Waals surface area contributed by atoms with E-state index < -0.39 is 22.5 Å². The van der Waals surface area contributed by atoms with E-state index in [9.17, 15) is 8.60 Å². The molecule has 0 aromatic heterocycles. The maximum Gasteiger partial charge on any atom is 0.161 e. The average Bonchev–Trinajstić information content (AvgIpc) is 2.13. The zero-order chi connectivity index (χ0) is 6.85. The predicted octanol–water partition coefficient (Wildman–Crippen LogP) is -0.0550. The summed E-state index contributed by atoms with van der Waals surface area (Å²) in [6, 6.07) is 0. The Balaban J connectivity index is 2.49. The largest absolute Gasteiger partial charge is 0.377 e. The van der Waals surface area contributed by atoms with Crippen LogP contribution in [0.4, 0.5) is 4.39 Å². The molecule has 5 heteroatoms. The fraction of sp³-hybridized carbons (Fsp3) is 1.00. The van der Waals surface area contributed by atoms with Crippen LogP contribution in [-0.4, -0.2) is 33.4 Å². The van der Waals surface area contributed by atoms with Crippen molar-refractivity contribution < 1.29 is 17.9 Å². The van der Waals surface area contributed by atoms with E-state index in [1.807, 2.05) is 0 Å². The van der Waals surface area contributed by atoms with Crippen LogP contribution in [0.15, 0.2) is 0 Å². The fourth-order valence-electron chi connectivity index (χ4n) is 0.693. The van der Waals surface area contributed by atoms with E-state index in [0.717, 1.165) is 0 Å². The molecular formula is C4H7FO3S. The molecule has 1 fully saturated rings. The highest BCUT2D eigenvalue weighted by atomic mass is 32.2. The molecule has 0 aromatic rings. The molecule has 3 unspecified atom stereocenters. The van der Waals surface area contributed by atoms with E-state index in [4.69, 9.17) is 4.55 Å². The maximum atomic E-state index is 12.4. The van der Waals surface area contributed by atoms with Crippen molar-refractivity contribution >= 4 is 11.1 Å². The quantitative estimate of drug-likeness (QED) is 0.538. The van der Waals surface area contributed by atoms with Crippen LogP contribution in [0.3, 0.4) is 0 Å². The Hall–Kier alpha value is -0.0000000000000000555. The van der Waals surface area contributed by atoms with Gasteiger partial charge in [-0.05, 0) is 0 Å². The number of hydrogen-bond acceptors (Lipinski definition) is 2. The Morgan fingerprint density at radius 2 is 2.33 bits per heavy atom. The van der Waals surface area contributed by atoms with Crippen LogP contribution in [0.1, 0.15) is 0 Å². The second-order valence-corrected chi connectivity index (χ2v) is 3.03. The number of alkyl halides is 1. The van der Waals surface area contributed by atoms with Gasteiger partial charge in [0.2, 0.25) is 0 Å². The van der Waals surface area contributed by atoms with Crippen molar-refractivity contribution in [3.05, 3.63) is 0 Å². The van der Waals surface area contributed by atoms with Crippen molar-refractivity contribution in [2.24, 2.45) is 0 Å². The molecule has 9 heavy (non-hydrogen) atoms. The van der Waals surface area contributed by atoms with Crippen LogP contribution in [0.25, 0.3) is 0 Å². The average molecular weight is 154 g/mol. The molecular weight excluding hydrogens is 147 g/mol. The van der Waals surface area contributed by atoms with Crippen LogP contribution in [0.5, 0.6) is 0 Å². The van der Waals surface area contributed by atoms with Crippen molar-refractivity contribution in [2.75, 3.05) is 13.2 Å². The molecule has 0 bridgehead atoms. The van der Waals surface area contributed by atoms with Crippen LogP contribution in [-0.2, 0) is 15.8 Å². The van der Waals surface area contributed by atoms with Crippen molar-refractivity contribution in [3.8, 4) is 0 Å². The molecule has 0 spiro atoms. The first kappa shape index (κ1) is 7.11. The van der Waals surface area contributed by atoms with E-state index >= 15 is 0 Å². The first-order valence-electron chi connectivity index (χ1n) is 2.53. The summed E-state index contributed by atoms with van der Waals surface area (Å²) in [6.45, 7) is 0.0151. The summed E-state index contributed by atoms with van der Waals surface area (Å²) in [5.41, 5.74) is 0. The zero-order valence-electron chi connectivity index (χ0n) is 4.62. The lowest BCUT2D eigenvalue weighted by Gasteiger charge is -2.02. The molecule has 0 aromatic carbocycles. The predicted molar refractivity (Wildman–Crippen MR) is 30.3 cm³/mol. The summed E-state index contributed by atoms with van der Waals surface area (Å²) >= 11 is -2.07. The molecule has 3 nitrogen and oxygen atoms in total. The van der Waals surface area contributed by atoms with Crippen molar-refractivity contribution in [1.82, 2.24) is 0 Å². The lowest BCUT2D eigenvalue weighted by atomic mass is 10.3. The summed E-state index contributed by atoms with van der Waals surface area (Å²) in [6.07, 6.45) is -1.27. The van der Waals surface area contributed by atoms with Gasteiger partial charge < -0.3 is 9.29 Å². The third-order valence-corrected chi connectivity index (χ3v) is 2.17. The van der Waals surface area contributed by atoms with E-state index in [1.165, 1.54) is 0 Å².